The largest absolute Gasteiger partial charge is 0.393 e. The first-order valence-corrected chi connectivity index (χ1v) is 3.16. The predicted molar refractivity (Wildman–Crippen MR) is 39.0 cm³/mol. The van der Waals surface area contributed by atoms with Crippen LogP contribution in [0.5, 0.6) is 0 Å². The fourth-order valence-electron chi connectivity index (χ4n) is 0.431. The summed E-state index contributed by atoms with van der Waals surface area (Å²) in [6.07, 6.45) is 1.96. The van der Waals surface area contributed by atoms with Crippen LogP contribution in [-0.4, -0.2) is 23.5 Å². The number of nitrogens with two attached hydrogens (primary N) is 1. The van der Waals surface area contributed by atoms with Crippen LogP contribution in [0.2, 0.25) is 0 Å². The minimum Gasteiger partial charge on any atom is -0.393 e. The molecule has 0 aliphatic carbocycles. The van der Waals surface area contributed by atoms with E-state index in [4.69, 9.17) is 10.8 Å². The van der Waals surface area contributed by atoms with Gasteiger partial charge in [-0.2, -0.15) is 0 Å². The van der Waals surface area contributed by atoms with E-state index in [0.29, 0.717) is 12.8 Å². The van der Waals surface area contributed by atoms with Crippen molar-refractivity contribution >= 4 is 12.2 Å². The lowest BCUT2D eigenvalue weighted by Gasteiger charge is -1.99. The molecule has 1 unspecified atom stereocenters. The monoisotopic (exact) mass is 144 g/mol. The van der Waals surface area contributed by atoms with E-state index in [0.717, 1.165) is 0 Å². The first-order chi connectivity index (χ1) is 4.66. The number of hydrogen-bond acceptors (Lipinski definition) is 2. The zero-order valence-electron chi connectivity index (χ0n) is 5.95. The Bertz CT molecular complexity index is 134. The van der Waals surface area contributed by atoms with Crippen LogP contribution >= 0.6 is 0 Å². The number of primary amides is 1. The summed E-state index contributed by atoms with van der Waals surface area (Å²) >= 11 is 0. The topological polar surface area (TPSA) is 75.7 Å². The number of rotatable bonds is 3. The van der Waals surface area contributed by atoms with Crippen LogP contribution in [0.4, 0.5) is 4.79 Å². The van der Waals surface area contributed by atoms with Crippen molar-refractivity contribution in [2.75, 3.05) is 0 Å². The van der Waals surface area contributed by atoms with E-state index in [-0.39, 0.29) is 0 Å². The number of aliphatic hydroxyl groups excluding tert-OH is 1. The molecule has 0 saturated heterocycles. The fraction of sp³-hybridized carbons (Fsp3) is 0.667. The Hall–Kier alpha value is -0.900. The second-order valence-corrected chi connectivity index (χ2v) is 1.95. The van der Waals surface area contributed by atoms with Gasteiger partial charge in [0.05, 0.1) is 6.10 Å². The lowest BCUT2D eigenvalue weighted by Crippen LogP contribution is -2.08. The smallest absolute Gasteiger partial charge is 0.337 e. The molecule has 0 aliphatic rings. The number of aliphatic hydroxyl groups is 1. The molecule has 58 valence electrons. The molecule has 0 fully saturated rings. The molecule has 0 aromatic heterocycles. The molecular formula is C6H12N2O2. The molecule has 4 nitrogen and oxygen atoms in total. The first kappa shape index (κ1) is 9.10. The molecule has 0 heterocycles. The highest BCUT2D eigenvalue weighted by Gasteiger charge is 1.95. The van der Waals surface area contributed by atoms with Gasteiger partial charge in [-0.3, -0.25) is 0 Å². The van der Waals surface area contributed by atoms with Crippen LogP contribution < -0.4 is 5.73 Å². The molecule has 3 N–H and O–H groups in total. The maximum Gasteiger partial charge on any atom is 0.337 e. The van der Waals surface area contributed by atoms with Crippen molar-refractivity contribution in [3.63, 3.8) is 0 Å². The number of urea groups is 1. The minimum atomic E-state index is -0.719. The van der Waals surface area contributed by atoms with Gasteiger partial charge in [-0.15, -0.1) is 0 Å². The Labute approximate surface area is 59.8 Å². The summed E-state index contributed by atoms with van der Waals surface area (Å²) in [6.45, 7) is 1.85. The van der Waals surface area contributed by atoms with Crippen LogP contribution in [0.15, 0.2) is 4.99 Å². The molecule has 4 heteroatoms. The zero-order valence-corrected chi connectivity index (χ0v) is 5.95. The van der Waals surface area contributed by atoms with Crippen molar-refractivity contribution in [2.24, 2.45) is 10.7 Å². The Morgan fingerprint density at radius 1 is 1.90 bits per heavy atom. The van der Waals surface area contributed by atoms with E-state index in [2.05, 4.69) is 4.99 Å². The number of amides is 2. The van der Waals surface area contributed by atoms with Gasteiger partial charge < -0.3 is 10.8 Å². The van der Waals surface area contributed by atoms with Gasteiger partial charge in [0, 0.05) is 12.6 Å². The molecule has 0 aromatic carbocycles. The SMILES string of the molecule is CCC(O)C/C=N/C(N)=O. The van der Waals surface area contributed by atoms with Gasteiger partial charge in [0.15, 0.2) is 0 Å². The van der Waals surface area contributed by atoms with Gasteiger partial charge in [0.25, 0.3) is 0 Å². The van der Waals surface area contributed by atoms with E-state index < -0.39 is 12.1 Å². The third kappa shape index (κ3) is 5.24. The summed E-state index contributed by atoms with van der Waals surface area (Å²) in [5.41, 5.74) is 4.70. The number of hydrogen-bond donors (Lipinski definition) is 2. The molecule has 0 saturated carbocycles. The van der Waals surface area contributed by atoms with E-state index in [1.54, 1.807) is 0 Å². The maximum absolute atomic E-state index is 10.0. The quantitative estimate of drug-likeness (QED) is 0.559. The number of carbonyl (C=O) groups is 1. The fourth-order valence-corrected chi connectivity index (χ4v) is 0.431. The van der Waals surface area contributed by atoms with Gasteiger partial charge in [-0.05, 0) is 6.42 Å². The summed E-state index contributed by atoms with van der Waals surface area (Å²) in [5.74, 6) is 0. The molecule has 0 rings (SSSR count). The molecule has 1 atom stereocenters. The second-order valence-electron chi connectivity index (χ2n) is 1.95. The minimum absolute atomic E-state index is 0.388. The first-order valence-electron chi connectivity index (χ1n) is 3.16. The second kappa shape index (κ2) is 4.93. The van der Waals surface area contributed by atoms with Crippen LogP contribution in [0.25, 0.3) is 0 Å². The standard InChI is InChI=1S/C6H12N2O2/c1-2-5(9)3-4-8-6(7)10/h4-5,9H,2-3H2,1H3,(H2,7,10)/b8-4+. The lowest BCUT2D eigenvalue weighted by atomic mass is 10.2. The van der Waals surface area contributed by atoms with Crippen molar-refractivity contribution < 1.29 is 9.90 Å². The zero-order chi connectivity index (χ0) is 7.98. The molecule has 10 heavy (non-hydrogen) atoms. The van der Waals surface area contributed by atoms with Crippen LogP contribution in [0, 0.1) is 0 Å². The van der Waals surface area contributed by atoms with Crippen molar-refractivity contribution in [3.05, 3.63) is 0 Å². The van der Waals surface area contributed by atoms with Crippen LogP contribution in [0.1, 0.15) is 19.8 Å². The number of aliphatic imine (C=N–C) groups is 1. The van der Waals surface area contributed by atoms with Crippen LogP contribution in [0.3, 0.4) is 0 Å². The molecule has 2 amide bonds. The Balaban J connectivity index is 3.43. The van der Waals surface area contributed by atoms with Gasteiger partial charge in [-0.1, -0.05) is 6.92 Å². The van der Waals surface area contributed by atoms with Crippen molar-refractivity contribution in [3.8, 4) is 0 Å². The van der Waals surface area contributed by atoms with Gasteiger partial charge in [-0.25, -0.2) is 9.79 Å². The molecular weight excluding hydrogens is 132 g/mol. The molecule has 0 spiro atoms. The summed E-state index contributed by atoms with van der Waals surface area (Å²) in [4.78, 5) is 13.3. The van der Waals surface area contributed by atoms with Crippen molar-refractivity contribution in [1.29, 1.82) is 0 Å². The Morgan fingerprint density at radius 3 is 2.90 bits per heavy atom. The highest BCUT2D eigenvalue weighted by atomic mass is 16.3. The van der Waals surface area contributed by atoms with Crippen molar-refractivity contribution in [1.82, 2.24) is 0 Å². The average Bonchev–Trinajstić information content (AvgIpc) is 1.87. The van der Waals surface area contributed by atoms with E-state index in [1.807, 2.05) is 6.92 Å². The van der Waals surface area contributed by atoms with Gasteiger partial charge >= 0.3 is 6.03 Å². The third-order valence-electron chi connectivity index (χ3n) is 1.07. The molecule has 0 aromatic rings. The highest BCUT2D eigenvalue weighted by molar-refractivity contribution is 5.82. The lowest BCUT2D eigenvalue weighted by molar-refractivity contribution is 0.179. The van der Waals surface area contributed by atoms with E-state index in [1.165, 1.54) is 6.21 Å². The maximum atomic E-state index is 10.0. The summed E-state index contributed by atoms with van der Waals surface area (Å²) in [6, 6.07) is -0.719. The van der Waals surface area contributed by atoms with E-state index in [9.17, 15) is 4.79 Å². The Morgan fingerprint density at radius 2 is 2.50 bits per heavy atom. The summed E-state index contributed by atoms with van der Waals surface area (Å²) in [5, 5.41) is 8.93. The average molecular weight is 144 g/mol. The van der Waals surface area contributed by atoms with Gasteiger partial charge in [0.2, 0.25) is 0 Å². The van der Waals surface area contributed by atoms with Crippen LogP contribution in [-0.2, 0) is 0 Å². The number of carbonyl (C=O) groups excluding carboxylic acids is 1. The number of nitrogens with zero attached hydrogens (tertiary/aromatic N) is 1. The Kier molecular flexibility index (Phi) is 4.49. The normalized spacial score (nSPS) is 13.8. The molecule has 0 aliphatic heterocycles. The summed E-state index contributed by atoms with van der Waals surface area (Å²) in [7, 11) is 0. The summed E-state index contributed by atoms with van der Waals surface area (Å²) < 4.78 is 0. The van der Waals surface area contributed by atoms with Crippen molar-refractivity contribution in [2.45, 2.75) is 25.9 Å². The third-order valence-corrected chi connectivity index (χ3v) is 1.07. The predicted octanol–water partition coefficient (Wildman–Crippen LogP) is 0.297. The van der Waals surface area contributed by atoms with Gasteiger partial charge in [0.1, 0.15) is 0 Å². The van der Waals surface area contributed by atoms with E-state index >= 15 is 0 Å². The highest BCUT2D eigenvalue weighted by Crippen LogP contribution is 1.92. The molecule has 0 radical (unpaired) electrons. The molecule has 0 bridgehead atoms.